The summed E-state index contributed by atoms with van der Waals surface area (Å²) in [7, 11) is 0. The molecule has 0 unspecified atom stereocenters. The maximum absolute atomic E-state index is 11.6. The van der Waals surface area contributed by atoms with Crippen molar-refractivity contribution in [1.82, 2.24) is 15.0 Å². The van der Waals surface area contributed by atoms with Crippen molar-refractivity contribution >= 4 is 5.97 Å². The molecule has 1 aliphatic heterocycles. The molecule has 112 valence electrons. The van der Waals surface area contributed by atoms with Crippen LogP contribution in [-0.2, 0) is 16.1 Å². The van der Waals surface area contributed by atoms with Crippen LogP contribution in [-0.4, -0.2) is 60.3 Å². The van der Waals surface area contributed by atoms with E-state index in [-0.39, 0.29) is 5.97 Å². The van der Waals surface area contributed by atoms with Crippen LogP contribution in [0.25, 0.3) is 0 Å². The van der Waals surface area contributed by atoms with Gasteiger partial charge in [-0.15, -0.1) is 0 Å². The zero-order valence-electron chi connectivity index (χ0n) is 12.1. The lowest BCUT2D eigenvalue weighted by atomic mass is 10.3. The highest BCUT2D eigenvalue weighted by atomic mass is 16.5. The Hall–Kier alpha value is -1.40. The van der Waals surface area contributed by atoms with E-state index in [1.165, 1.54) is 0 Å². The molecule has 1 aromatic heterocycles. The quantitative estimate of drug-likeness (QED) is 0.552. The smallest absolute Gasteiger partial charge is 0.320 e. The molecule has 0 saturated carbocycles. The average Bonchev–Trinajstić information content (AvgIpc) is 2.94. The first-order chi connectivity index (χ1) is 9.78. The first kappa shape index (κ1) is 15.0. The standard InChI is InChI=1S/C14H23N3O3/c1-2-3-10-19-14(18)12-17-8-6-16(7-9-17)11-13-4-5-15-20-13/h4-5H,2-3,6-12H2,1H3. The fourth-order valence-electron chi connectivity index (χ4n) is 2.21. The number of rotatable bonds is 7. The van der Waals surface area contributed by atoms with Crippen molar-refractivity contribution in [2.75, 3.05) is 39.3 Å². The van der Waals surface area contributed by atoms with Gasteiger partial charge in [0.1, 0.15) is 0 Å². The van der Waals surface area contributed by atoms with Gasteiger partial charge in [-0.1, -0.05) is 18.5 Å². The number of hydrogen-bond acceptors (Lipinski definition) is 6. The van der Waals surface area contributed by atoms with Crippen LogP contribution in [0.2, 0.25) is 0 Å². The number of esters is 1. The molecule has 0 spiro atoms. The third kappa shape index (κ3) is 4.94. The van der Waals surface area contributed by atoms with Crippen LogP contribution in [0.15, 0.2) is 16.8 Å². The molecular weight excluding hydrogens is 258 g/mol. The summed E-state index contributed by atoms with van der Waals surface area (Å²) in [5.74, 6) is 0.777. The summed E-state index contributed by atoms with van der Waals surface area (Å²) < 4.78 is 10.3. The van der Waals surface area contributed by atoms with E-state index in [9.17, 15) is 4.79 Å². The molecule has 0 aliphatic carbocycles. The lowest BCUT2D eigenvalue weighted by molar-refractivity contribution is -0.145. The van der Waals surface area contributed by atoms with Gasteiger partial charge in [0.2, 0.25) is 0 Å². The molecule has 2 rings (SSSR count). The van der Waals surface area contributed by atoms with Gasteiger partial charge in [0, 0.05) is 32.2 Å². The Kier molecular flexibility index (Phi) is 6.01. The van der Waals surface area contributed by atoms with E-state index in [0.29, 0.717) is 13.2 Å². The van der Waals surface area contributed by atoms with E-state index in [0.717, 1.165) is 51.3 Å². The topological polar surface area (TPSA) is 58.8 Å². The number of piperazine rings is 1. The molecule has 0 N–H and O–H groups in total. The molecule has 1 fully saturated rings. The molecule has 0 radical (unpaired) electrons. The maximum Gasteiger partial charge on any atom is 0.320 e. The van der Waals surface area contributed by atoms with Gasteiger partial charge in [-0.2, -0.15) is 0 Å². The Labute approximate surface area is 119 Å². The van der Waals surface area contributed by atoms with E-state index in [1.807, 2.05) is 6.07 Å². The number of unbranched alkanes of at least 4 members (excludes halogenated alkanes) is 1. The number of ether oxygens (including phenoxy) is 1. The fraction of sp³-hybridized carbons (Fsp3) is 0.714. The highest BCUT2D eigenvalue weighted by Crippen LogP contribution is 2.07. The van der Waals surface area contributed by atoms with Gasteiger partial charge >= 0.3 is 5.97 Å². The molecule has 0 bridgehead atoms. The monoisotopic (exact) mass is 281 g/mol. The molecule has 0 atom stereocenters. The molecule has 0 aromatic carbocycles. The van der Waals surface area contributed by atoms with Crippen molar-refractivity contribution in [1.29, 1.82) is 0 Å². The van der Waals surface area contributed by atoms with Crippen molar-refractivity contribution in [3.63, 3.8) is 0 Å². The second-order valence-corrected chi connectivity index (χ2v) is 5.11. The number of aromatic nitrogens is 1. The average molecular weight is 281 g/mol. The minimum atomic E-state index is -0.109. The Morgan fingerprint density at radius 3 is 2.75 bits per heavy atom. The maximum atomic E-state index is 11.6. The van der Waals surface area contributed by atoms with Crippen molar-refractivity contribution in [2.24, 2.45) is 0 Å². The van der Waals surface area contributed by atoms with Crippen LogP contribution in [0.1, 0.15) is 25.5 Å². The van der Waals surface area contributed by atoms with Gasteiger partial charge < -0.3 is 9.26 Å². The predicted octanol–water partition coefficient (Wildman–Crippen LogP) is 1.14. The minimum absolute atomic E-state index is 0.109. The largest absolute Gasteiger partial charge is 0.465 e. The first-order valence-corrected chi connectivity index (χ1v) is 7.28. The summed E-state index contributed by atoms with van der Waals surface area (Å²) in [5.41, 5.74) is 0. The van der Waals surface area contributed by atoms with E-state index >= 15 is 0 Å². The third-order valence-corrected chi connectivity index (χ3v) is 3.45. The SMILES string of the molecule is CCCCOC(=O)CN1CCN(Cc2ccno2)CC1. The molecule has 6 heteroatoms. The summed E-state index contributed by atoms with van der Waals surface area (Å²) in [6.45, 7) is 7.46. The Morgan fingerprint density at radius 1 is 1.35 bits per heavy atom. The molecule has 20 heavy (non-hydrogen) atoms. The van der Waals surface area contributed by atoms with Crippen molar-refractivity contribution in [3.8, 4) is 0 Å². The van der Waals surface area contributed by atoms with Gasteiger partial charge in [0.25, 0.3) is 0 Å². The second-order valence-electron chi connectivity index (χ2n) is 5.11. The summed E-state index contributed by atoms with van der Waals surface area (Å²) in [6, 6.07) is 1.89. The molecule has 6 nitrogen and oxygen atoms in total. The van der Waals surface area contributed by atoms with Gasteiger partial charge in [-0.25, -0.2) is 0 Å². The van der Waals surface area contributed by atoms with Crippen molar-refractivity contribution < 1.29 is 14.1 Å². The summed E-state index contributed by atoms with van der Waals surface area (Å²) in [4.78, 5) is 16.1. The lowest BCUT2D eigenvalue weighted by Crippen LogP contribution is -2.47. The lowest BCUT2D eigenvalue weighted by Gasteiger charge is -2.33. The van der Waals surface area contributed by atoms with E-state index in [4.69, 9.17) is 9.26 Å². The van der Waals surface area contributed by atoms with Crippen LogP contribution >= 0.6 is 0 Å². The van der Waals surface area contributed by atoms with Crippen LogP contribution in [0.3, 0.4) is 0 Å². The first-order valence-electron chi connectivity index (χ1n) is 7.28. The van der Waals surface area contributed by atoms with Crippen molar-refractivity contribution in [2.45, 2.75) is 26.3 Å². The third-order valence-electron chi connectivity index (χ3n) is 3.45. The van der Waals surface area contributed by atoms with Gasteiger partial charge in [0.15, 0.2) is 5.76 Å². The molecular formula is C14H23N3O3. The fourth-order valence-corrected chi connectivity index (χ4v) is 2.21. The Morgan fingerprint density at radius 2 is 2.10 bits per heavy atom. The summed E-state index contributed by atoms with van der Waals surface area (Å²) >= 11 is 0. The van der Waals surface area contributed by atoms with Crippen molar-refractivity contribution in [3.05, 3.63) is 18.0 Å². The highest BCUT2D eigenvalue weighted by molar-refractivity contribution is 5.71. The zero-order chi connectivity index (χ0) is 14.2. The minimum Gasteiger partial charge on any atom is -0.465 e. The Balaban J connectivity index is 1.62. The highest BCUT2D eigenvalue weighted by Gasteiger charge is 2.20. The van der Waals surface area contributed by atoms with Crippen LogP contribution in [0.5, 0.6) is 0 Å². The number of carbonyl (C=O) groups is 1. The molecule has 2 heterocycles. The van der Waals surface area contributed by atoms with Gasteiger partial charge in [-0.05, 0) is 6.42 Å². The van der Waals surface area contributed by atoms with E-state index in [1.54, 1.807) is 6.20 Å². The van der Waals surface area contributed by atoms with Gasteiger partial charge in [0.05, 0.1) is 25.9 Å². The predicted molar refractivity (Wildman–Crippen MR) is 74.1 cm³/mol. The Bertz CT molecular complexity index is 386. The molecule has 1 aromatic rings. The summed E-state index contributed by atoms with van der Waals surface area (Å²) in [5, 5.41) is 3.70. The van der Waals surface area contributed by atoms with E-state index in [2.05, 4.69) is 21.9 Å². The van der Waals surface area contributed by atoms with Crippen LogP contribution in [0.4, 0.5) is 0 Å². The zero-order valence-corrected chi connectivity index (χ0v) is 12.1. The normalized spacial score (nSPS) is 17.2. The van der Waals surface area contributed by atoms with Crippen LogP contribution in [0, 0.1) is 0 Å². The molecule has 0 amide bonds. The van der Waals surface area contributed by atoms with Crippen LogP contribution < -0.4 is 0 Å². The number of carbonyl (C=O) groups excluding carboxylic acids is 1. The summed E-state index contributed by atoms with van der Waals surface area (Å²) in [6.07, 6.45) is 3.65. The molecule has 1 saturated heterocycles. The van der Waals surface area contributed by atoms with E-state index < -0.39 is 0 Å². The number of nitrogens with zero attached hydrogens (tertiary/aromatic N) is 3. The number of hydrogen-bond donors (Lipinski definition) is 0. The van der Waals surface area contributed by atoms with Gasteiger partial charge in [-0.3, -0.25) is 14.6 Å². The second kappa shape index (κ2) is 8.01. The molecule has 1 aliphatic rings.